The molecule has 0 amide bonds. The van der Waals surface area contributed by atoms with E-state index in [9.17, 15) is 0 Å². The fourth-order valence-electron chi connectivity index (χ4n) is 9.94. The van der Waals surface area contributed by atoms with Crippen LogP contribution in [0.15, 0.2) is 182 Å². The van der Waals surface area contributed by atoms with E-state index in [0.717, 1.165) is 0 Å². The van der Waals surface area contributed by atoms with Gasteiger partial charge in [0.2, 0.25) is 0 Å². The maximum Gasteiger partial charge on any atom is 0.0726 e. The second-order valence-electron chi connectivity index (χ2n) is 14.0. The van der Waals surface area contributed by atoms with Gasteiger partial charge in [-0.05, 0) is 93.0 Å². The summed E-state index contributed by atoms with van der Waals surface area (Å²) in [5, 5.41) is 5.19. The Labute approximate surface area is 295 Å². The Balaban J connectivity index is 1.35. The Morgan fingerprint density at radius 2 is 0.686 bits per heavy atom. The van der Waals surface area contributed by atoms with Gasteiger partial charge in [0.1, 0.15) is 0 Å². The van der Waals surface area contributed by atoms with E-state index in [1.54, 1.807) is 0 Å². The molecule has 0 N–H and O–H groups in total. The molecule has 0 saturated carbocycles. The van der Waals surface area contributed by atoms with Gasteiger partial charge in [0.15, 0.2) is 0 Å². The maximum atomic E-state index is 2.46. The first-order valence-electron chi connectivity index (χ1n) is 17.8. The van der Waals surface area contributed by atoms with Crippen LogP contribution in [0, 0.1) is 0 Å². The zero-order chi connectivity index (χ0) is 33.3. The lowest BCUT2D eigenvalue weighted by atomic mass is 9.70. The molecule has 2 heterocycles. The molecule has 12 rings (SSSR count). The molecule has 2 aliphatic rings. The van der Waals surface area contributed by atoms with Gasteiger partial charge in [-0.25, -0.2) is 0 Å². The molecule has 0 unspecified atom stereocenters. The second kappa shape index (κ2) is 9.74. The topological polar surface area (TPSA) is 9.86 Å². The summed E-state index contributed by atoms with van der Waals surface area (Å²) in [5.74, 6) is 0. The Morgan fingerprint density at radius 1 is 0.294 bits per heavy atom. The lowest BCUT2D eigenvalue weighted by Crippen LogP contribution is -2.25. The molecule has 0 atom stereocenters. The SMILES string of the molecule is c1ccc(-n2c3ccccc3c3c4c(ccc32)C2(c3ccccc3-c3ccccc32)c2ccc3c(c2-4)c2ccccc2n3-c2ccccc2)cc1. The largest absolute Gasteiger partial charge is 0.309 e. The summed E-state index contributed by atoms with van der Waals surface area (Å²) < 4.78 is 4.92. The lowest BCUT2D eigenvalue weighted by molar-refractivity contribution is 0.795. The van der Waals surface area contributed by atoms with E-state index < -0.39 is 5.41 Å². The van der Waals surface area contributed by atoms with Crippen LogP contribution < -0.4 is 0 Å². The van der Waals surface area contributed by atoms with Gasteiger partial charge in [-0.2, -0.15) is 0 Å². The molecule has 0 radical (unpaired) electrons. The number of benzene rings is 8. The predicted molar refractivity (Wildman–Crippen MR) is 211 cm³/mol. The third kappa shape index (κ3) is 3.24. The van der Waals surface area contributed by atoms with Crippen molar-refractivity contribution < 1.29 is 0 Å². The van der Waals surface area contributed by atoms with E-state index in [1.165, 1.54) is 99.5 Å². The molecule has 2 aliphatic carbocycles. The van der Waals surface area contributed by atoms with Crippen molar-refractivity contribution in [1.29, 1.82) is 0 Å². The van der Waals surface area contributed by atoms with E-state index in [4.69, 9.17) is 0 Å². The van der Waals surface area contributed by atoms with Gasteiger partial charge in [-0.15, -0.1) is 0 Å². The average molecular weight is 647 g/mol. The molecular weight excluding hydrogens is 617 g/mol. The van der Waals surface area contributed by atoms with Crippen LogP contribution in [0.4, 0.5) is 0 Å². The molecule has 51 heavy (non-hydrogen) atoms. The Hall–Kier alpha value is -6.64. The van der Waals surface area contributed by atoms with Crippen molar-refractivity contribution in [3.63, 3.8) is 0 Å². The maximum absolute atomic E-state index is 2.46. The first-order chi connectivity index (χ1) is 25.4. The number of nitrogens with zero attached hydrogens (tertiary/aromatic N) is 2. The molecule has 236 valence electrons. The highest BCUT2D eigenvalue weighted by molar-refractivity contribution is 6.25. The van der Waals surface area contributed by atoms with Gasteiger partial charge < -0.3 is 9.13 Å². The molecular formula is C49H30N2. The number of aromatic nitrogens is 2. The monoisotopic (exact) mass is 646 g/mol. The van der Waals surface area contributed by atoms with Gasteiger partial charge in [0.05, 0.1) is 27.5 Å². The number of rotatable bonds is 2. The summed E-state index contributed by atoms with van der Waals surface area (Å²) >= 11 is 0. The molecule has 2 aromatic heterocycles. The molecule has 8 aromatic carbocycles. The van der Waals surface area contributed by atoms with Crippen molar-refractivity contribution in [2.45, 2.75) is 5.41 Å². The van der Waals surface area contributed by atoms with Crippen molar-refractivity contribution in [3.05, 3.63) is 204 Å². The molecule has 2 heteroatoms. The summed E-state index contributed by atoms with van der Waals surface area (Å²) in [6.45, 7) is 0. The molecule has 2 nitrogen and oxygen atoms in total. The van der Waals surface area contributed by atoms with Crippen molar-refractivity contribution >= 4 is 43.6 Å². The zero-order valence-corrected chi connectivity index (χ0v) is 27.7. The van der Waals surface area contributed by atoms with Gasteiger partial charge in [0, 0.05) is 32.9 Å². The quantitative estimate of drug-likeness (QED) is 0.177. The minimum Gasteiger partial charge on any atom is -0.309 e. The van der Waals surface area contributed by atoms with Gasteiger partial charge in [0.25, 0.3) is 0 Å². The van der Waals surface area contributed by atoms with Gasteiger partial charge >= 0.3 is 0 Å². The number of hydrogen-bond donors (Lipinski definition) is 0. The number of hydrogen-bond acceptors (Lipinski definition) is 0. The lowest BCUT2D eigenvalue weighted by Gasteiger charge is -2.30. The molecule has 1 spiro atoms. The third-order valence-electron chi connectivity index (χ3n) is 11.7. The summed E-state index contributed by atoms with van der Waals surface area (Å²) in [7, 11) is 0. The molecule has 0 bridgehead atoms. The molecule has 0 saturated heterocycles. The minimum atomic E-state index is -0.452. The molecule has 10 aromatic rings. The molecule has 0 fully saturated rings. The second-order valence-corrected chi connectivity index (χ2v) is 14.0. The van der Waals surface area contributed by atoms with Crippen molar-refractivity contribution in [3.8, 4) is 33.6 Å². The normalized spacial score (nSPS) is 13.6. The van der Waals surface area contributed by atoms with Crippen molar-refractivity contribution in [2.75, 3.05) is 0 Å². The van der Waals surface area contributed by atoms with Crippen LogP contribution in [0.1, 0.15) is 22.3 Å². The predicted octanol–water partition coefficient (Wildman–Crippen LogP) is 12.2. The van der Waals surface area contributed by atoms with E-state index in [-0.39, 0.29) is 0 Å². The average Bonchev–Trinajstić information content (AvgIpc) is 3.90. The van der Waals surface area contributed by atoms with E-state index >= 15 is 0 Å². The van der Waals surface area contributed by atoms with Crippen LogP contribution >= 0.6 is 0 Å². The Morgan fingerprint density at radius 3 is 1.16 bits per heavy atom. The van der Waals surface area contributed by atoms with Crippen LogP contribution in [-0.2, 0) is 5.41 Å². The van der Waals surface area contributed by atoms with Gasteiger partial charge in [-0.1, -0.05) is 133 Å². The van der Waals surface area contributed by atoms with Gasteiger partial charge in [-0.3, -0.25) is 0 Å². The standard InChI is InChI=1S/C49H30N2/c1-3-15-31(16-4-1)50-41-25-13-9-21-35(41)45-43(50)29-27-39-47(45)48-40(49(39)37-23-11-7-19-33(37)34-20-8-12-24-38(34)49)28-30-44-46(48)36-22-10-14-26-42(36)51(44)32-17-5-2-6-18-32/h1-30H. The summed E-state index contributed by atoms with van der Waals surface area (Å²) in [5.41, 5.74) is 17.6. The fraction of sp³-hybridized carbons (Fsp3) is 0.0204. The van der Waals surface area contributed by atoms with Crippen molar-refractivity contribution in [2.24, 2.45) is 0 Å². The summed E-state index contributed by atoms with van der Waals surface area (Å²) in [6.07, 6.45) is 0. The van der Waals surface area contributed by atoms with Crippen LogP contribution in [0.25, 0.3) is 77.2 Å². The van der Waals surface area contributed by atoms with Crippen molar-refractivity contribution in [1.82, 2.24) is 9.13 Å². The first kappa shape index (κ1) is 27.2. The highest BCUT2D eigenvalue weighted by Gasteiger charge is 2.53. The Kier molecular flexibility index (Phi) is 5.20. The van der Waals surface area contributed by atoms with Crippen LogP contribution in [0.3, 0.4) is 0 Å². The first-order valence-corrected chi connectivity index (χ1v) is 17.8. The summed E-state index contributed by atoms with van der Waals surface area (Å²) in [6, 6.07) is 67.5. The highest BCUT2D eigenvalue weighted by atomic mass is 15.0. The minimum absolute atomic E-state index is 0.452. The van der Waals surface area contributed by atoms with E-state index in [1.807, 2.05) is 0 Å². The number of para-hydroxylation sites is 4. The van der Waals surface area contributed by atoms with Crippen LogP contribution in [0.2, 0.25) is 0 Å². The third-order valence-corrected chi connectivity index (χ3v) is 11.7. The van der Waals surface area contributed by atoms with E-state index in [2.05, 4.69) is 191 Å². The number of fused-ring (bicyclic) bond motifs is 18. The van der Waals surface area contributed by atoms with E-state index in [0.29, 0.717) is 0 Å². The Bertz CT molecular complexity index is 2860. The highest BCUT2D eigenvalue weighted by Crippen LogP contribution is 2.65. The fourth-order valence-corrected chi connectivity index (χ4v) is 9.94. The zero-order valence-electron chi connectivity index (χ0n) is 27.7. The smallest absolute Gasteiger partial charge is 0.0726 e. The molecule has 0 aliphatic heterocycles. The van der Waals surface area contributed by atoms with Crippen LogP contribution in [0.5, 0.6) is 0 Å². The summed E-state index contributed by atoms with van der Waals surface area (Å²) in [4.78, 5) is 0. The van der Waals surface area contributed by atoms with Crippen LogP contribution in [-0.4, -0.2) is 9.13 Å².